The van der Waals surface area contributed by atoms with Gasteiger partial charge in [0.15, 0.2) is 0 Å². The lowest BCUT2D eigenvalue weighted by Crippen LogP contribution is -2.17. The number of benzene rings is 2. The SMILES string of the molecule is O=S(Cc1ccc(OC(F)(F)F)cc1)c1ccccc1. The van der Waals surface area contributed by atoms with Gasteiger partial charge < -0.3 is 4.74 Å². The van der Waals surface area contributed by atoms with Crippen LogP contribution >= 0.6 is 0 Å². The summed E-state index contributed by atoms with van der Waals surface area (Å²) in [7, 11) is -1.22. The maximum atomic E-state index is 12.0. The van der Waals surface area contributed by atoms with Crippen LogP contribution in [-0.4, -0.2) is 10.6 Å². The number of rotatable bonds is 4. The highest BCUT2D eigenvalue weighted by Gasteiger charge is 2.30. The highest BCUT2D eigenvalue weighted by molar-refractivity contribution is 7.84. The highest BCUT2D eigenvalue weighted by atomic mass is 32.2. The summed E-state index contributed by atoms with van der Waals surface area (Å²) in [6.45, 7) is 0. The van der Waals surface area contributed by atoms with Crippen molar-refractivity contribution in [1.29, 1.82) is 0 Å². The van der Waals surface area contributed by atoms with Gasteiger partial charge in [0, 0.05) is 4.90 Å². The highest BCUT2D eigenvalue weighted by Crippen LogP contribution is 2.23. The quantitative estimate of drug-likeness (QED) is 0.856. The van der Waals surface area contributed by atoms with Crippen molar-refractivity contribution < 1.29 is 22.1 Å². The topological polar surface area (TPSA) is 26.3 Å². The van der Waals surface area contributed by atoms with Crippen LogP contribution in [0.3, 0.4) is 0 Å². The molecule has 6 heteroatoms. The molecule has 1 unspecified atom stereocenters. The summed E-state index contributed by atoms with van der Waals surface area (Å²) >= 11 is 0. The van der Waals surface area contributed by atoms with Gasteiger partial charge in [0.05, 0.1) is 16.6 Å². The smallest absolute Gasteiger partial charge is 0.406 e. The molecule has 0 aliphatic rings. The molecule has 0 radical (unpaired) electrons. The fourth-order valence-corrected chi connectivity index (χ4v) is 2.72. The second-order valence-corrected chi connectivity index (χ2v) is 5.45. The Morgan fingerprint density at radius 1 is 0.950 bits per heavy atom. The zero-order chi connectivity index (χ0) is 14.6. The zero-order valence-electron chi connectivity index (χ0n) is 10.3. The van der Waals surface area contributed by atoms with E-state index in [4.69, 9.17) is 0 Å². The van der Waals surface area contributed by atoms with Crippen LogP contribution in [-0.2, 0) is 16.6 Å². The molecule has 2 rings (SSSR count). The number of alkyl halides is 3. The summed E-state index contributed by atoms with van der Waals surface area (Å²) in [6, 6.07) is 14.3. The molecule has 0 bridgehead atoms. The Hall–Kier alpha value is -1.82. The molecule has 106 valence electrons. The number of halogens is 3. The van der Waals surface area contributed by atoms with E-state index in [-0.39, 0.29) is 11.5 Å². The predicted octanol–water partition coefficient (Wildman–Crippen LogP) is 3.89. The molecule has 0 aliphatic heterocycles. The summed E-state index contributed by atoms with van der Waals surface area (Å²) in [4.78, 5) is 0.683. The second kappa shape index (κ2) is 6.09. The van der Waals surface area contributed by atoms with E-state index >= 15 is 0 Å². The first-order valence-corrected chi connectivity index (χ1v) is 7.04. The maximum absolute atomic E-state index is 12.0. The molecular formula is C14H11F3O2S. The monoisotopic (exact) mass is 300 g/mol. The standard InChI is InChI=1S/C14H11F3O2S/c15-14(16,17)19-12-8-6-11(7-9-12)10-20(18)13-4-2-1-3-5-13/h1-9H,10H2. The third-order valence-electron chi connectivity index (χ3n) is 2.46. The third kappa shape index (κ3) is 4.38. The molecule has 0 saturated heterocycles. The number of hydrogen-bond acceptors (Lipinski definition) is 2. The van der Waals surface area contributed by atoms with E-state index in [1.165, 1.54) is 24.3 Å². The van der Waals surface area contributed by atoms with Crippen LogP contribution in [0.15, 0.2) is 59.5 Å². The molecule has 0 aliphatic carbocycles. The van der Waals surface area contributed by atoms with Gasteiger partial charge in [-0.05, 0) is 29.8 Å². The number of hydrogen-bond donors (Lipinski definition) is 0. The Balaban J connectivity index is 2.02. The van der Waals surface area contributed by atoms with Crippen molar-refractivity contribution in [3.05, 3.63) is 60.2 Å². The van der Waals surface area contributed by atoms with E-state index in [0.29, 0.717) is 10.5 Å². The normalized spacial score (nSPS) is 12.9. The fourth-order valence-electron chi connectivity index (χ4n) is 1.59. The first kappa shape index (κ1) is 14.6. The zero-order valence-corrected chi connectivity index (χ0v) is 11.1. The lowest BCUT2D eigenvalue weighted by atomic mass is 10.2. The molecule has 0 heterocycles. The van der Waals surface area contributed by atoms with Crippen molar-refractivity contribution in [3.63, 3.8) is 0 Å². The van der Waals surface area contributed by atoms with E-state index in [1.807, 2.05) is 6.07 Å². The maximum Gasteiger partial charge on any atom is 0.573 e. The van der Waals surface area contributed by atoms with Crippen LogP contribution in [0.25, 0.3) is 0 Å². The minimum Gasteiger partial charge on any atom is -0.406 e. The summed E-state index contributed by atoms with van der Waals surface area (Å²) in [5.74, 6) is -0.0391. The molecule has 2 aromatic carbocycles. The van der Waals surface area contributed by atoms with Crippen molar-refractivity contribution in [3.8, 4) is 5.75 Å². The summed E-state index contributed by atoms with van der Waals surface area (Å²) in [6.07, 6.45) is -4.70. The van der Waals surface area contributed by atoms with Crippen molar-refractivity contribution >= 4 is 10.8 Å². The van der Waals surface area contributed by atoms with E-state index in [9.17, 15) is 17.4 Å². The van der Waals surface area contributed by atoms with Gasteiger partial charge in [0.2, 0.25) is 0 Å². The predicted molar refractivity (Wildman–Crippen MR) is 69.7 cm³/mol. The molecular weight excluding hydrogens is 289 g/mol. The molecule has 0 aromatic heterocycles. The van der Waals surface area contributed by atoms with Crippen LogP contribution in [0.2, 0.25) is 0 Å². The van der Waals surface area contributed by atoms with Crippen molar-refractivity contribution in [2.45, 2.75) is 17.0 Å². The van der Waals surface area contributed by atoms with E-state index in [1.54, 1.807) is 24.3 Å². The molecule has 0 amide bonds. The summed E-state index contributed by atoms with van der Waals surface area (Å²) in [5.41, 5.74) is 0.682. The van der Waals surface area contributed by atoms with Crippen molar-refractivity contribution in [2.24, 2.45) is 0 Å². The van der Waals surface area contributed by atoms with Crippen LogP contribution < -0.4 is 4.74 Å². The number of ether oxygens (including phenoxy) is 1. The molecule has 1 atom stereocenters. The molecule has 2 aromatic rings. The van der Waals surface area contributed by atoms with Gasteiger partial charge in [-0.25, -0.2) is 0 Å². The minimum absolute atomic E-state index is 0.246. The van der Waals surface area contributed by atoms with Gasteiger partial charge in [-0.2, -0.15) is 0 Å². The van der Waals surface area contributed by atoms with Crippen LogP contribution in [0.1, 0.15) is 5.56 Å². The Labute approximate surface area is 116 Å². The summed E-state index contributed by atoms with van der Waals surface area (Å²) < 4.78 is 51.8. The lowest BCUT2D eigenvalue weighted by Gasteiger charge is -2.09. The lowest BCUT2D eigenvalue weighted by molar-refractivity contribution is -0.274. The third-order valence-corrected chi connectivity index (χ3v) is 3.85. The van der Waals surface area contributed by atoms with Crippen molar-refractivity contribution in [1.82, 2.24) is 0 Å². The van der Waals surface area contributed by atoms with E-state index in [2.05, 4.69) is 4.74 Å². The first-order valence-electron chi connectivity index (χ1n) is 5.72. The molecule has 0 saturated carbocycles. The molecule has 0 fully saturated rings. The van der Waals surface area contributed by atoms with E-state index < -0.39 is 17.2 Å². The average molecular weight is 300 g/mol. The molecule has 0 N–H and O–H groups in total. The van der Waals surface area contributed by atoms with Gasteiger partial charge in [-0.1, -0.05) is 30.3 Å². The molecule has 20 heavy (non-hydrogen) atoms. The second-order valence-electron chi connectivity index (χ2n) is 3.99. The molecule has 0 spiro atoms. The van der Waals surface area contributed by atoms with Crippen LogP contribution in [0.4, 0.5) is 13.2 Å². The average Bonchev–Trinajstić information content (AvgIpc) is 2.40. The molecule has 2 nitrogen and oxygen atoms in total. The van der Waals surface area contributed by atoms with Gasteiger partial charge in [-0.15, -0.1) is 13.2 Å². The van der Waals surface area contributed by atoms with Gasteiger partial charge >= 0.3 is 6.36 Å². The first-order chi connectivity index (χ1) is 9.44. The minimum atomic E-state index is -4.70. The summed E-state index contributed by atoms with van der Waals surface area (Å²) in [5, 5.41) is 0. The van der Waals surface area contributed by atoms with Gasteiger partial charge in [-0.3, -0.25) is 4.21 Å². The van der Waals surface area contributed by atoms with Crippen LogP contribution in [0.5, 0.6) is 5.75 Å². The Bertz CT molecular complexity index is 580. The fraction of sp³-hybridized carbons (Fsp3) is 0.143. The van der Waals surface area contributed by atoms with E-state index in [0.717, 1.165) is 0 Å². The largest absolute Gasteiger partial charge is 0.573 e. The van der Waals surface area contributed by atoms with Gasteiger partial charge in [0.1, 0.15) is 5.75 Å². The van der Waals surface area contributed by atoms with Gasteiger partial charge in [0.25, 0.3) is 0 Å². The Kier molecular flexibility index (Phi) is 4.44. The Morgan fingerprint density at radius 3 is 2.10 bits per heavy atom. The van der Waals surface area contributed by atoms with Crippen LogP contribution in [0, 0.1) is 0 Å². The van der Waals surface area contributed by atoms with Crippen molar-refractivity contribution in [2.75, 3.05) is 0 Å². The Morgan fingerprint density at radius 2 is 1.55 bits per heavy atom.